The number of hydrogen-bond acceptors (Lipinski definition) is 2. The van der Waals surface area contributed by atoms with Gasteiger partial charge in [0.2, 0.25) is 5.91 Å². The molecule has 0 unspecified atom stereocenters. The first-order valence-corrected chi connectivity index (χ1v) is 7.47. The minimum absolute atomic E-state index is 0.0576. The zero-order valence-electron chi connectivity index (χ0n) is 11.8. The third-order valence-corrected chi connectivity index (χ3v) is 4.33. The number of likely N-dealkylation sites (tertiary alicyclic amines) is 1. The maximum absolute atomic E-state index is 12.1. The number of rotatable bonds is 2. The maximum atomic E-state index is 12.1. The molecule has 0 atom stereocenters. The Morgan fingerprint density at radius 2 is 1.63 bits per heavy atom. The first-order valence-electron chi connectivity index (χ1n) is 7.47. The first kappa shape index (κ1) is 14.2. The van der Waals surface area contributed by atoms with Crippen LogP contribution in [-0.4, -0.2) is 43.0 Å². The van der Waals surface area contributed by atoms with Crippen molar-refractivity contribution in [1.82, 2.24) is 15.5 Å². The van der Waals surface area contributed by atoms with Gasteiger partial charge in [0.1, 0.15) is 0 Å². The van der Waals surface area contributed by atoms with E-state index in [1.807, 2.05) is 4.90 Å². The molecule has 0 spiro atoms. The summed E-state index contributed by atoms with van der Waals surface area (Å²) < 4.78 is 0. The summed E-state index contributed by atoms with van der Waals surface area (Å²) in [6, 6.07) is 0.417. The molecule has 19 heavy (non-hydrogen) atoms. The van der Waals surface area contributed by atoms with Crippen LogP contribution in [0.25, 0.3) is 0 Å². The molecule has 0 aromatic carbocycles. The van der Waals surface area contributed by atoms with Gasteiger partial charge in [-0.25, -0.2) is 4.79 Å². The number of hydrogen-bond donors (Lipinski definition) is 2. The highest BCUT2D eigenvalue weighted by molar-refractivity contribution is 5.79. The van der Waals surface area contributed by atoms with Crippen molar-refractivity contribution in [2.45, 2.75) is 51.0 Å². The Labute approximate surface area is 115 Å². The van der Waals surface area contributed by atoms with E-state index in [0.717, 1.165) is 25.7 Å². The van der Waals surface area contributed by atoms with Crippen LogP contribution in [0.1, 0.15) is 44.9 Å². The number of piperidine rings is 1. The minimum Gasteiger partial charge on any atom is -0.359 e. The molecule has 0 aromatic heterocycles. The summed E-state index contributed by atoms with van der Waals surface area (Å²) in [5.41, 5.74) is 0. The molecule has 5 heteroatoms. The number of amides is 3. The molecule has 5 nitrogen and oxygen atoms in total. The average Bonchev–Trinajstić information content (AvgIpc) is 2.47. The Morgan fingerprint density at radius 3 is 2.21 bits per heavy atom. The molecule has 0 radical (unpaired) electrons. The molecule has 0 bridgehead atoms. The smallest absolute Gasteiger partial charge is 0.317 e. The van der Waals surface area contributed by atoms with E-state index in [9.17, 15) is 9.59 Å². The van der Waals surface area contributed by atoms with Crippen LogP contribution in [0.5, 0.6) is 0 Å². The second-order valence-electron chi connectivity index (χ2n) is 5.66. The quantitative estimate of drug-likeness (QED) is 0.796. The zero-order chi connectivity index (χ0) is 13.7. The predicted molar refractivity (Wildman–Crippen MR) is 73.8 cm³/mol. The number of nitrogens with one attached hydrogen (secondary N) is 2. The van der Waals surface area contributed by atoms with Crippen molar-refractivity contribution in [2.75, 3.05) is 20.1 Å². The Hall–Kier alpha value is -1.26. The van der Waals surface area contributed by atoms with Crippen molar-refractivity contribution in [2.24, 2.45) is 5.92 Å². The number of urea groups is 1. The largest absolute Gasteiger partial charge is 0.359 e. The van der Waals surface area contributed by atoms with Crippen LogP contribution in [0, 0.1) is 5.92 Å². The van der Waals surface area contributed by atoms with Crippen LogP contribution in [-0.2, 0) is 4.79 Å². The van der Waals surface area contributed by atoms with Crippen LogP contribution in [0.4, 0.5) is 4.79 Å². The van der Waals surface area contributed by atoms with Gasteiger partial charge in [0.25, 0.3) is 0 Å². The number of nitrogens with zero attached hydrogens (tertiary/aromatic N) is 1. The van der Waals surface area contributed by atoms with Gasteiger partial charge in [-0.15, -0.1) is 0 Å². The topological polar surface area (TPSA) is 61.4 Å². The second-order valence-corrected chi connectivity index (χ2v) is 5.66. The van der Waals surface area contributed by atoms with E-state index < -0.39 is 0 Å². The lowest BCUT2D eigenvalue weighted by Crippen LogP contribution is -2.49. The Morgan fingerprint density at radius 1 is 1.00 bits per heavy atom. The average molecular weight is 267 g/mol. The Balaban J connectivity index is 1.74. The molecule has 108 valence electrons. The van der Waals surface area contributed by atoms with Gasteiger partial charge in [0.15, 0.2) is 0 Å². The molecule has 0 aromatic rings. The van der Waals surface area contributed by atoms with Gasteiger partial charge in [-0.2, -0.15) is 0 Å². The molecule has 1 saturated carbocycles. The lowest BCUT2D eigenvalue weighted by Gasteiger charge is -2.33. The molecule has 1 saturated heterocycles. The van der Waals surface area contributed by atoms with Crippen molar-refractivity contribution < 1.29 is 9.59 Å². The second kappa shape index (κ2) is 6.78. The van der Waals surface area contributed by atoms with Gasteiger partial charge >= 0.3 is 6.03 Å². The van der Waals surface area contributed by atoms with Crippen molar-refractivity contribution in [3.05, 3.63) is 0 Å². The van der Waals surface area contributed by atoms with Gasteiger partial charge in [-0.3, -0.25) is 4.79 Å². The molecule has 2 rings (SSSR count). The summed E-state index contributed by atoms with van der Waals surface area (Å²) >= 11 is 0. The van der Waals surface area contributed by atoms with Gasteiger partial charge in [0, 0.05) is 32.1 Å². The maximum Gasteiger partial charge on any atom is 0.317 e. The van der Waals surface area contributed by atoms with Crippen LogP contribution < -0.4 is 10.6 Å². The molecular formula is C14H25N3O2. The van der Waals surface area contributed by atoms with Crippen molar-refractivity contribution in [1.29, 1.82) is 0 Å². The summed E-state index contributed by atoms with van der Waals surface area (Å²) in [4.78, 5) is 25.5. The highest BCUT2D eigenvalue weighted by Crippen LogP contribution is 2.20. The molecule has 1 aliphatic heterocycles. The molecule has 1 aliphatic carbocycles. The normalized spacial score (nSPS) is 22.1. The van der Waals surface area contributed by atoms with Crippen LogP contribution in [0.15, 0.2) is 0 Å². The predicted octanol–water partition coefficient (Wildman–Crippen LogP) is 1.49. The lowest BCUT2D eigenvalue weighted by molar-refractivity contribution is -0.125. The monoisotopic (exact) mass is 267 g/mol. The van der Waals surface area contributed by atoms with Gasteiger partial charge < -0.3 is 15.5 Å². The molecule has 3 amide bonds. The summed E-state index contributed by atoms with van der Waals surface area (Å²) in [5, 5.41) is 5.82. The van der Waals surface area contributed by atoms with Gasteiger partial charge in [-0.1, -0.05) is 19.3 Å². The van der Waals surface area contributed by atoms with Crippen LogP contribution >= 0.6 is 0 Å². The zero-order valence-corrected chi connectivity index (χ0v) is 11.8. The minimum atomic E-state index is 0.0576. The van der Waals surface area contributed by atoms with E-state index in [-0.39, 0.29) is 17.9 Å². The number of carbonyl (C=O) groups is 2. The summed E-state index contributed by atoms with van der Waals surface area (Å²) in [5.74, 6) is 0.177. The van der Waals surface area contributed by atoms with Crippen molar-refractivity contribution >= 4 is 11.9 Å². The summed E-state index contributed by atoms with van der Waals surface area (Å²) in [6.45, 7) is 1.38. The third-order valence-electron chi connectivity index (χ3n) is 4.33. The number of carbonyl (C=O) groups excluding carboxylic acids is 2. The molecular weight excluding hydrogens is 242 g/mol. The van der Waals surface area contributed by atoms with E-state index in [4.69, 9.17) is 0 Å². The SMILES string of the molecule is CNC(=O)C1CCN(C(=O)NC2CCCCC2)CC1. The van der Waals surface area contributed by atoms with Crippen molar-refractivity contribution in [3.63, 3.8) is 0 Å². The molecule has 1 heterocycles. The first-order chi connectivity index (χ1) is 9.20. The fraction of sp³-hybridized carbons (Fsp3) is 0.857. The van der Waals surface area contributed by atoms with E-state index in [0.29, 0.717) is 19.1 Å². The van der Waals surface area contributed by atoms with E-state index >= 15 is 0 Å². The lowest BCUT2D eigenvalue weighted by atomic mass is 9.95. The highest BCUT2D eigenvalue weighted by Gasteiger charge is 2.27. The Kier molecular flexibility index (Phi) is 5.05. The fourth-order valence-electron chi connectivity index (χ4n) is 3.06. The Bertz CT molecular complexity index is 319. The standard InChI is InChI=1S/C14H25N3O2/c1-15-13(18)11-7-9-17(10-8-11)14(19)16-12-5-3-2-4-6-12/h11-12H,2-10H2,1H3,(H,15,18)(H,16,19). The van der Waals surface area contributed by atoms with Gasteiger partial charge in [-0.05, 0) is 25.7 Å². The van der Waals surface area contributed by atoms with E-state index in [2.05, 4.69) is 10.6 Å². The third kappa shape index (κ3) is 3.85. The molecule has 2 fully saturated rings. The van der Waals surface area contributed by atoms with E-state index in [1.165, 1.54) is 19.3 Å². The van der Waals surface area contributed by atoms with Crippen LogP contribution in [0.3, 0.4) is 0 Å². The summed E-state index contributed by atoms with van der Waals surface area (Å²) in [7, 11) is 1.67. The van der Waals surface area contributed by atoms with E-state index in [1.54, 1.807) is 7.05 Å². The molecule has 2 aliphatic rings. The fourth-order valence-corrected chi connectivity index (χ4v) is 3.06. The van der Waals surface area contributed by atoms with Crippen molar-refractivity contribution in [3.8, 4) is 0 Å². The summed E-state index contributed by atoms with van der Waals surface area (Å²) in [6.07, 6.45) is 7.52. The van der Waals surface area contributed by atoms with Crippen LogP contribution in [0.2, 0.25) is 0 Å². The van der Waals surface area contributed by atoms with Gasteiger partial charge in [0.05, 0.1) is 0 Å². The molecule has 2 N–H and O–H groups in total. The highest BCUT2D eigenvalue weighted by atomic mass is 16.2.